The number of hydroxylamine groups is 2. The molecule has 4 aromatic rings. The number of methoxy groups -OCH3 is 1. The third-order valence-corrected chi connectivity index (χ3v) is 7.18. The first kappa shape index (κ1) is 30.7. The fraction of sp³-hybridized carbons (Fsp3) is 0.300. The highest BCUT2D eigenvalue weighted by molar-refractivity contribution is 5.94. The average Bonchev–Trinajstić information content (AvgIpc) is 3.57. The zero-order valence-electron chi connectivity index (χ0n) is 24.6. The van der Waals surface area contributed by atoms with Crippen LogP contribution in [0.5, 0.6) is 0 Å². The van der Waals surface area contributed by atoms with E-state index in [0.717, 1.165) is 6.07 Å². The molecule has 1 aliphatic rings. The maximum absolute atomic E-state index is 14.0. The molecule has 1 aromatic carbocycles. The Kier molecular flexibility index (Phi) is 9.23. The Hall–Kier alpha value is -4.79. The molecule has 0 saturated carbocycles. The number of aryl methyl sites for hydroxylation is 1. The van der Waals surface area contributed by atoms with Crippen molar-refractivity contribution in [3.05, 3.63) is 89.0 Å². The van der Waals surface area contributed by atoms with Crippen LogP contribution in [-0.2, 0) is 9.57 Å². The Labute approximate surface area is 252 Å². The molecular formula is C30H32F2N8O4. The number of amides is 3. The Morgan fingerprint density at radius 2 is 1.89 bits per heavy atom. The smallest absolute Gasteiger partial charge is 0.320 e. The van der Waals surface area contributed by atoms with Crippen molar-refractivity contribution < 1.29 is 27.9 Å². The van der Waals surface area contributed by atoms with E-state index in [1.54, 1.807) is 30.0 Å². The van der Waals surface area contributed by atoms with E-state index in [0.29, 0.717) is 52.7 Å². The first-order valence-corrected chi connectivity index (χ1v) is 13.8. The molecule has 3 aromatic heterocycles. The number of carbonyl (C=O) groups is 2. The third kappa shape index (κ3) is 6.41. The molecule has 1 aliphatic heterocycles. The summed E-state index contributed by atoms with van der Waals surface area (Å²) in [5.74, 6) is -2.24. The number of benzene rings is 1. The number of anilines is 1. The molecule has 0 spiro atoms. The van der Waals surface area contributed by atoms with E-state index < -0.39 is 29.9 Å². The van der Waals surface area contributed by atoms with Gasteiger partial charge in [-0.25, -0.2) is 18.9 Å². The molecule has 3 N–H and O–H groups in total. The molecule has 14 heteroatoms. The zero-order valence-corrected chi connectivity index (χ0v) is 24.6. The summed E-state index contributed by atoms with van der Waals surface area (Å²) in [4.78, 5) is 39.5. The van der Waals surface area contributed by atoms with Crippen LogP contribution in [0.3, 0.4) is 0 Å². The number of aromatic nitrogens is 4. The number of para-hydroxylation sites is 1. The number of urea groups is 1. The molecule has 0 bridgehead atoms. The van der Waals surface area contributed by atoms with Gasteiger partial charge in [-0.05, 0) is 43.7 Å². The lowest BCUT2D eigenvalue weighted by molar-refractivity contribution is -0.154. The molecular weight excluding hydrogens is 574 g/mol. The predicted molar refractivity (Wildman–Crippen MR) is 157 cm³/mol. The van der Waals surface area contributed by atoms with E-state index in [2.05, 4.69) is 25.9 Å². The van der Waals surface area contributed by atoms with E-state index in [9.17, 15) is 18.4 Å². The van der Waals surface area contributed by atoms with Crippen molar-refractivity contribution in [2.75, 3.05) is 39.2 Å². The summed E-state index contributed by atoms with van der Waals surface area (Å²) in [5.41, 5.74) is 3.81. The molecule has 5 rings (SSSR count). The Morgan fingerprint density at radius 1 is 1.11 bits per heavy atom. The fourth-order valence-corrected chi connectivity index (χ4v) is 4.98. The van der Waals surface area contributed by atoms with Crippen molar-refractivity contribution in [1.82, 2.24) is 35.4 Å². The summed E-state index contributed by atoms with van der Waals surface area (Å²) in [7, 11) is 3.09. The normalized spacial score (nSPS) is 16.6. The van der Waals surface area contributed by atoms with Gasteiger partial charge in [0.15, 0.2) is 5.82 Å². The first-order valence-electron chi connectivity index (χ1n) is 13.8. The molecule has 3 amide bonds. The van der Waals surface area contributed by atoms with E-state index >= 15 is 0 Å². The molecule has 0 radical (unpaired) electrons. The van der Waals surface area contributed by atoms with Gasteiger partial charge in [-0.2, -0.15) is 14.6 Å². The summed E-state index contributed by atoms with van der Waals surface area (Å²) in [6.45, 7) is 4.61. The predicted octanol–water partition coefficient (Wildman–Crippen LogP) is 3.71. The van der Waals surface area contributed by atoms with Crippen molar-refractivity contribution in [3.63, 3.8) is 0 Å². The summed E-state index contributed by atoms with van der Waals surface area (Å²) in [6, 6.07) is 10.9. The summed E-state index contributed by atoms with van der Waals surface area (Å²) >= 11 is 0. The summed E-state index contributed by atoms with van der Waals surface area (Å²) in [6.07, 6.45) is 1.92. The molecule has 230 valence electrons. The minimum Gasteiger partial charge on any atom is -0.383 e. The molecule has 1 saturated heterocycles. The quantitative estimate of drug-likeness (QED) is 0.246. The number of halogens is 2. The van der Waals surface area contributed by atoms with Gasteiger partial charge >= 0.3 is 6.03 Å². The largest absolute Gasteiger partial charge is 0.383 e. The summed E-state index contributed by atoms with van der Waals surface area (Å²) in [5, 5.41) is 14.8. The van der Waals surface area contributed by atoms with Gasteiger partial charge in [0.25, 0.3) is 5.91 Å². The average molecular weight is 607 g/mol. The highest BCUT2D eigenvalue weighted by Gasteiger charge is 2.37. The number of ether oxygens (including phenoxy) is 1. The number of nitrogens with one attached hydrogen (secondary N) is 3. The maximum atomic E-state index is 14.0. The van der Waals surface area contributed by atoms with Crippen LogP contribution in [0, 0.1) is 25.6 Å². The zero-order chi connectivity index (χ0) is 31.4. The van der Waals surface area contributed by atoms with Crippen molar-refractivity contribution in [2.24, 2.45) is 0 Å². The minimum atomic E-state index is -1.22. The van der Waals surface area contributed by atoms with E-state index in [-0.39, 0.29) is 18.0 Å². The lowest BCUT2D eigenvalue weighted by Gasteiger charge is -2.19. The molecule has 0 aliphatic carbocycles. The van der Waals surface area contributed by atoms with Crippen LogP contribution in [0.4, 0.5) is 19.4 Å². The highest BCUT2D eigenvalue weighted by atomic mass is 19.2. The van der Waals surface area contributed by atoms with Crippen LogP contribution in [0.1, 0.15) is 33.3 Å². The SMILES string of the molecule is CNC(=O)c1ncc(-c2nn(-c3ccccc3)c(NC(=O)N[C@@H]3CN(CCOC)O[C@H]3c3cnc(F)c(F)c3)c2C)cc1C. The van der Waals surface area contributed by atoms with Gasteiger partial charge in [0.05, 0.1) is 24.0 Å². The second kappa shape index (κ2) is 13.2. The number of hydrogen-bond acceptors (Lipinski definition) is 8. The van der Waals surface area contributed by atoms with Crippen molar-refractivity contribution in [3.8, 4) is 16.9 Å². The molecule has 2 atom stereocenters. The monoisotopic (exact) mass is 606 g/mol. The lowest BCUT2D eigenvalue weighted by atomic mass is 10.0. The number of carbonyl (C=O) groups excluding carboxylic acids is 2. The van der Waals surface area contributed by atoms with Gasteiger partial charge in [0.1, 0.15) is 17.6 Å². The van der Waals surface area contributed by atoms with Gasteiger partial charge in [-0.1, -0.05) is 18.2 Å². The molecule has 1 fully saturated rings. The number of rotatable bonds is 9. The van der Waals surface area contributed by atoms with Crippen LogP contribution in [0.15, 0.2) is 54.9 Å². The van der Waals surface area contributed by atoms with Gasteiger partial charge in [0, 0.05) is 56.3 Å². The summed E-state index contributed by atoms with van der Waals surface area (Å²) < 4.78 is 34.3. The molecule has 0 unspecified atom stereocenters. The fourth-order valence-electron chi connectivity index (χ4n) is 4.98. The Balaban J connectivity index is 1.45. The Bertz CT molecular complexity index is 1670. The van der Waals surface area contributed by atoms with E-state index in [1.165, 1.54) is 13.2 Å². The lowest BCUT2D eigenvalue weighted by Crippen LogP contribution is -2.42. The van der Waals surface area contributed by atoms with Crippen molar-refractivity contribution in [2.45, 2.75) is 26.0 Å². The van der Waals surface area contributed by atoms with E-state index in [4.69, 9.17) is 14.7 Å². The second-order valence-corrected chi connectivity index (χ2v) is 10.2. The third-order valence-electron chi connectivity index (χ3n) is 7.18. The number of pyridine rings is 2. The van der Waals surface area contributed by atoms with Gasteiger partial charge in [-0.15, -0.1) is 0 Å². The molecule has 12 nitrogen and oxygen atoms in total. The second-order valence-electron chi connectivity index (χ2n) is 10.2. The topological polar surface area (TPSA) is 136 Å². The van der Waals surface area contributed by atoms with Crippen LogP contribution >= 0.6 is 0 Å². The Morgan fingerprint density at radius 3 is 2.57 bits per heavy atom. The van der Waals surface area contributed by atoms with Crippen molar-refractivity contribution >= 4 is 17.8 Å². The number of hydrogen-bond donors (Lipinski definition) is 3. The minimum absolute atomic E-state index is 0.255. The first-order chi connectivity index (χ1) is 21.2. The van der Waals surface area contributed by atoms with Crippen LogP contribution in [0.25, 0.3) is 16.9 Å². The van der Waals surface area contributed by atoms with Crippen LogP contribution < -0.4 is 16.0 Å². The van der Waals surface area contributed by atoms with Gasteiger partial charge in [0.2, 0.25) is 5.95 Å². The van der Waals surface area contributed by atoms with Crippen LogP contribution in [-0.4, -0.2) is 76.6 Å². The standard InChI is InChI=1S/C30H32F2N8O4/c1-17-12-19(14-34-24(17)29(41)33-3)25-18(2)28(40(38-25)21-8-6-5-7-9-21)37-30(42)36-23-16-39(10-11-43-4)44-26(23)20-13-22(31)27(32)35-15-20/h5-9,12-15,23,26H,10-11,16H2,1-4H3,(H,33,41)(H2,36,37,42)/t23-,26+/m1/s1. The van der Waals surface area contributed by atoms with Crippen LogP contribution in [0.2, 0.25) is 0 Å². The highest BCUT2D eigenvalue weighted by Crippen LogP contribution is 2.32. The van der Waals surface area contributed by atoms with Gasteiger partial charge in [-0.3, -0.25) is 19.9 Å². The van der Waals surface area contributed by atoms with Crippen molar-refractivity contribution in [1.29, 1.82) is 0 Å². The molecule has 4 heterocycles. The molecule has 44 heavy (non-hydrogen) atoms. The van der Waals surface area contributed by atoms with Gasteiger partial charge < -0.3 is 15.4 Å². The number of nitrogens with zero attached hydrogens (tertiary/aromatic N) is 5. The van der Waals surface area contributed by atoms with E-state index in [1.807, 2.05) is 43.3 Å². The maximum Gasteiger partial charge on any atom is 0.320 e.